The summed E-state index contributed by atoms with van der Waals surface area (Å²) in [4.78, 5) is 2.41. The van der Waals surface area contributed by atoms with Gasteiger partial charge in [0.25, 0.3) is 0 Å². The molecule has 10 aromatic rings. The van der Waals surface area contributed by atoms with Gasteiger partial charge in [0.1, 0.15) is 11.2 Å². The molecule has 0 unspecified atom stereocenters. The summed E-state index contributed by atoms with van der Waals surface area (Å²) >= 11 is 0. The van der Waals surface area contributed by atoms with Crippen molar-refractivity contribution in [2.75, 3.05) is 4.90 Å². The van der Waals surface area contributed by atoms with Crippen LogP contribution >= 0.6 is 0 Å². The maximum atomic E-state index is 6.50. The van der Waals surface area contributed by atoms with Gasteiger partial charge in [0.2, 0.25) is 0 Å². The summed E-state index contributed by atoms with van der Waals surface area (Å²) in [6.45, 7) is 0. The van der Waals surface area contributed by atoms with E-state index in [2.05, 4.69) is 193 Å². The second kappa shape index (κ2) is 12.4. The van der Waals surface area contributed by atoms with E-state index in [1.165, 1.54) is 49.2 Å². The minimum atomic E-state index is 0.898. The molecule has 0 aliphatic heterocycles. The van der Waals surface area contributed by atoms with Crippen molar-refractivity contribution >= 4 is 77.4 Å². The lowest BCUT2D eigenvalue weighted by molar-refractivity contribution is 0.672. The standard InChI is InChI=1S/C52H35NO/c1-2-13-37-31-41(28-21-34(37)11-1)53(40-26-22-36(23-27-40)48-32-38-14-4-5-15-42(38)45-18-7-8-19-46(45)48)50-20-10-9-16-43(50)39-25-30-51-49(33-39)47-29-24-35-12-3-6-17-44(35)52(47)54-51/h1-4,6-14,16-33H,5,15H2. The lowest BCUT2D eigenvalue weighted by Gasteiger charge is -2.28. The van der Waals surface area contributed by atoms with Crippen LogP contribution in [0.3, 0.4) is 0 Å². The number of furan rings is 1. The molecule has 2 heteroatoms. The summed E-state index contributed by atoms with van der Waals surface area (Å²) < 4.78 is 6.50. The first-order valence-electron chi connectivity index (χ1n) is 18.8. The van der Waals surface area contributed by atoms with E-state index in [1.807, 2.05) is 0 Å². The Hall–Kier alpha value is -6.90. The highest BCUT2D eigenvalue weighted by Crippen LogP contribution is 2.44. The van der Waals surface area contributed by atoms with Crippen LogP contribution in [0.25, 0.3) is 82.6 Å². The van der Waals surface area contributed by atoms with E-state index < -0.39 is 0 Å². The third kappa shape index (κ3) is 4.95. The van der Waals surface area contributed by atoms with Crippen LogP contribution in [0.15, 0.2) is 186 Å². The zero-order valence-corrected chi connectivity index (χ0v) is 29.7. The number of benzene rings is 9. The second-order valence-corrected chi connectivity index (χ2v) is 14.4. The van der Waals surface area contributed by atoms with Crippen molar-refractivity contribution in [3.05, 3.63) is 193 Å². The lowest BCUT2D eigenvalue weighted by Crippen LogP contribution is -2.11. The molecule has 254 valence electrons. The number of fused-ring (bicyclic) bond motifs is 9. The molecule has 2 nitrogen and oxygen atoms in total. The van der Waals surface area contributed by atoms with Crippen molar-refractivity contribution in [3.8, 4) is 22.3 Å². The SMILES string of the molecule is C1=Cc2cc(-c3ccc(N(c4ccc5ccccc5c4)c4ccccc4-c4ccc5oc6c7ccccc7ccc6c5c4)cc3)c3ccccc3c2CC1. The third-order valence-corrected chi connectivity index (χ3v) is 11.3. The summed E-state index contributed by atoms with van der Waals surface area (Å²) in [6.07, 6.45) is 6.79. The Morgan fingerprint density at radius 3 is 2.04 bits per heavy atom. The van der Waals surface area contributed by atoms with Crippen LogP contribution in [0.1, 0.15) is 17.5 Å². The quantitative estimate of drug-likeness (QED) is 0.179. The van der Waals surface area contributed by atoms with Gasteiger partial charge in [-0.1, -0.05) is 133 Å². The van der Waals surface area contributed by atoms with Crippen LogP contribution < -0.4 is 4.90 Å². The van der Waals surface area contributed by atoms with Crippen LogP contribution in [0.4, 0.5) is 17.1 Å². The van der Waals surface area contributed by atoms with Gasteiger partial charge < -0.3 is 9.32 Å². The molecule has 11 rings (SSSR count). The van der Waals surface area contributed by atoms with Gasteiger partial charge >= 0.3 is 0 Å². The Balaban J connectivity index is 1.08. The van der Waals surface area contributed by atoms with E-state index in [9.17, 15) is 0 Å². The Kier molecular flexibility index (Phi) is 7.03. The monoisotopic (exact) mass is 689 g/mol. The van der Waals surface area contributed by atoms with E-state index in [4.69, 9.17) is 4.42 Å². The van der Waals surface area contributed by atoms with Crippen molar-refractivity contribution < 1.29 is 4.42 Å². The topological polar surface area (TPSA) is 16.4 Å². The van der Waals surface area contributed by atoms with Crippen LogP contribution in [0, 0.1) is 0 Å². The van der Waals surface area contributed by atoms with Gasteiger partial charge in [-0.05, 0) is 122 Å². The molecule has 0 saturated heterocycles. The highest BCUT2D eigenvalue weighted by Gasteiger charge is 2.20. The predicted octanol–water partition coefficient (Wildman–Crippen LogP) is 14.8. The molecule has 0 fully saturated rings. The first-order valence-corrected chi connectivity index (χ1v) is 18.8. The summed E-state index contributed by atoms with van der Waals surface area (Å²) in [5.41, 5.74) is 12.7. The molecule has 1 heterocycles. The molecule has 0 atom stereocenters. The molecule has 1 aliphatic carbocycles. The van der Waals surface area contributed by atoms with Crippen LogP contribution in [0.5, 0.6) is 0 Å². The molecule has 0 amide bonds. The van der Waals surface area contributed by atoms with E-state index >= 15 is 0 Å². The molecular formula is C52H35NO. The zero-order chi connectivity index (χ0) is 35.6. The minimum Gasteiger partial charge on any atom is -0.455 e. The van der Waals surface area contributed by atoms with Crippen molar-refractivity contribution in [1.29, 1.82) is 0 Å². The fraction of sp³-hybridized carbons (Fsp3) is 0.0385. The van der Waals surface area contributed by atoms with Gasteiger partial charge in [0.05, 0.1) is 5.69 Å². The van der Waals surface area contributed by atoms with Crippen molar-refractivity contribution in [1.82, 2.24) is 0 Å². The molecule has 0 bridgehead atoms. The maximum absolute atomic E-state index is 6.50. The van der Waals surface area contributed by atoms with E-state index in [1.54, 1.807) is 0 Å². The Labute approximate surface area is 313 Å². The van der Waals surface area contributed by atoms with E-state index in [-0.39, 0.29) is 0 Å². The molecule has 0 N–H and O–H groups in total. The molecule has 1 aliphatic rings. The number of para-hydroxylation sites is 1. The predicted molar refractivity (Wildman–Crippen MR) is 229 cm³/mol. The number of rotatable bonds is 5. The van der Waals surface area contributed by atoms with Crippen molar-refractivity contribution in [3.63, 3.8) is 0 Å². The summed E-state index contributed by atoms with van der Waals surface area (Å²) in [5, 5.41) is 9.69. The van der Waals surface area contributed by atoms with E-state index in [0.29, 0.717) is 0 Å². The molecule has 0 saturated carbocycles. The van der Waals surface area contributed by atoms with Crippen molar-refractivity contribution in [2.24, 2.45) is 0 Å². The van der Waals surface area contributed by atoms with Crippen LogP contribution in [0.2, 0.25) is 0 Å². The van der Waals surface area contributed by atoms with Gasteiger partial charge in [0.15, 0.2) is 0 Å². The first kappa shape index (κ1) is 30.7. The normalized spacial score (nSPS) is 12.6. The Bertz CT molecular complexity index is 3110. The highest BCUT2D eigenvalue weighted by molar-refractivity contribution is 6.15. The number of aryl methyl sites for hydroxylation is 1. The lowest BCUT2D eigenvalue weighted by atomic mass is 9.87. The Morgan fingerprint density at radius 2 is 1.15 bits per heavy atom. The Morgan fingerprint density at radius 1 is 0.444 bits per heavy atom. The van der Waals surface area contributed by atoms with E-state index in [0.717, 1.165) is 68.4 Å². The summed E-state index contributed by atoms with van der Waals surface area (Å²) in [6, 6.07) is 64.0. The number of hydrogen-bond acceptors (Lipinski definition) is 2. The maximum Gasteiger partial charge on any atom is 0.143 e. The largest absolute Gasteiger partial charge is 0.455 e. The third-order valence-electron chi connectivity index (χ3n) is 11.3. The fourth-order valence-electron chi connectivity index (χ4n) is 8.68. The van der Waals surface area contributed by atoms with Crippen LogP contribution in [-0.2, 0) is 6.42 Å². The fourth-order valence-corrected chi connectivity index (χ4v) is 8.68. The molecule has 0 spiro atoms. The average molecular weight is 690 g/mol. The summed E-state index contributed by atoms with van der Waals surface area (Å²) in [7, 11) is 0. The second-order valence-electron chi connectivity index (χ2n) is 14.4. The average Bonchev–Trinajstić information content (AvgIpc) is 3.62. The highest BCUT2D eigenvalue weighted by atomic mass is 16.3. The van der Waals surface area contributed by atoms with Gasteiger partial charge in [0, 0.05) is 33.1 Å². The molecule has 0 radical (unpaired) electrons. The number of anilines is 3. The van der Waals surface area contributed by atoms with Gasteiger partial charge in [-0.2, -0.15) is 0 Å². The van der Waals surface area contributed by atoms with Crippen LogP contribution in [-0.4, -0.2) is 0 Å². The van der Waals surface area contributed by atoms with Gasteiger partial charge in [-0.15, -0.1) is 0 Å². The number of nitrogens with zero attached hydrogens (tertiary/aromatic N) is 1. The molecule has 9 aromatic carbocycles. The van der Waals surface area contributed by atoms with Crippen molar-refractivity contribution in [2.45, 2.75) is 12.8 Å². The summed E-state index contributed by atoms with van der Waals surface area (Å²) in [5.74, 6) is 0. The molecular weight excluding hydrogens is 655 g/mol. The van der Waals surface area contributed by atoms with Gasteiger partial charge in [-0.3, -0.25) is 0 Å². The molecule has 54 heavy (non-hydrogen) atoms. The molecule has 1 aromatic heterocycles. The zero-order valence-electron chi connectivity index (χ0n) is 29.7. The van der Waals surface area contributed by atoms with Gasteiger partial charge in [-0.25, -0.2) is 0 Å². The first-order chi connectivity index (χ1) is 26.8. The number of hydrogen-bond donors (Lipinski definition) is 0. The number of allylic oxidation sites excluding steroid dienone is 1. The smallest absolute Gasteiger partial charge is 0.143 e. The minimum absolute atomic E-state index is 0.898.